The van der Waals surface area contributed by atoms with Gasteiger partial charge in [0, 0.05) is 18.8 Å². The normalized spacial score (nSPS) is 21.6. The Bertz CT molecular complexity index is 650. The van der Waals surface area contributed by atoms with Crippen molar-refractivity contribution in [3.8, 4) is 0 Å². The van der Waals surface area contributed by atoms with Crippen molar-refractivity contribution >= 4 is 23.5 Å². The van der Waals surface area contributed by atoms with Crippen LogP contribution in [0, 0.1) is 6.92 Å². The quantitative estimate of drug-likeness (QED) is 0.799. The first-order valence-corrected chi connectivity index (χ1v) is 8.48. The summed E-state index contributed by atoms with van der Waals surface area (Å²) in [7, 11) is 0. The molecule has 6 heteroatoms. The first-order valence-electron chi connectivity index (χ1n) is 8.48. The molecule has 2 aliphatic heterocycles. The number of likely N-dealkylation sites (tertiary alicyclic amines) is 1. The van der Waals surface area contributed by atoms with Crippen LogP contribution in [-0.2, 0) is 9.59 Å². The Morgan fingerprint density at radius 2 is 1.71 bits per heavy atom. The van der Waals surface area contributed by atoms with Gasteiger partial charge in [0.1, 0.15) is 12.6 Å². The van der Waals surface area contributed by atoms with Gasteiger partial charge in [-0.25, -0.2) is 4.79 Å². The predicted octanol–water partition coefficient (Wildman–Crippen LogP) is 2.16. The number of anilines is 1. The number of urea groups is 1. The zero-order chi connectivity index (χ0) is 17.3. The summed E-state index contributed by atoms with van der Waals surface area (Å²) >= 11 is 0. The van der Waals surface area contributed by atoms with Crippen LogP contribution in [0.5, 0.6) is 0 Å². The summed E-state index contributed by atoms with van der Waals surface area (Å²) in [5.41, 5.74) is 1.76. The van der Waals surface area contributed by atoms with Gasteiger partial charge < -0.3 is 4.90 Å². The molecule has 6 nitrogen and oxygen atoms in total. The van der Waals surface area contributed by atoms with E-state index >= 15 is 0 Å². The monoisotopic (exact) mass is 329 g/mol. The lowest BCUT2D eigenvalue weighted by molar-refractivity contribution is -0.137. The fraction of sp³-hybridized carbons (Fsp3) is 0.500. The molecule has 0 bridgehead atoms. The number of hydrogen-bond acceptors (Lipinski definition) is 3. The van der Waals surface area contributed by atoms with E-state index in [-0.39, 0.29) is 18.4 Å². The van der Waals surface area contributed by atoms with Crippen LogP contribution >= 0.6 is 0 Å². The minimum absolute atomic E-state index is 0.144. The van der Waals surface area contributed by atoms with E-state index in [1.807, 2.05) is 31.2 Å². The van der Waals surface area contributed by atoms with Gasteiger partial charge in [0.15, 0.2) is 0 Å². The van der Waals surface area contributed by atoms with E-state index in [4.69, 9.17) is 0 Å². The summed E-state index contributed by atoms with van der Waals surface area (Å²) in [6.45, 7) is 4.93. The molecule has 2 saturated heterocycles. The topological polar surface area (TPSA) is 60.9 Å². The number of benzene rings is 1. The molecule has 3 rings (SSSR count). The van der Waals surface area contributed by atoms with Crippen LogP contribution in [0.1, 0.15) is 31.7 Å². The average Bonchev–Trinajstić information content (AvgIpc) is 2.80. The Balaban J connectivity index is 1.75. The molecule has 2 heterocycles. The van der Waals surface area contributed by atoms with Gasteiger partial charge >= 0.3 is 6.03 Å². The molecule has 24 heavy (non-hydrogen) atoms. The Hall–Kier alpha value is -2.37. The SMILES string of the molecule is Cc1ccc(N2C(=O)N(CC(=O)N3CCCCC3)C(=O)[C@@H]2C)cc1. The van der Waals surface area contributed by atoms with E-state index < -0.39 is 12.1 Å². The highest BCUT2D eigenvalue weighted by Crippen LogP contribution is 2.26. The van der Waals surface area contributed by atoms with Crippen molar-refractivity contribution in [3.63, 3.8) is 0 Å². The number of aryl methyl sites for hydroxylation is 1. The van der Waals surface area contributed by atoms with Crippen molar-refractivity contribution in [1.29, 1.82) is 0 Å². The number of carbonyl (C=O) groups is 3. The summed E-state index contributed by atoms with van der Waals surface area (Å²) in [5.74, 6) is -0.458. The summed E-state index contributed by atoms with van der Waals surface area (Å²) in [4.78, 5) is 41.9. The summed E-state index contributed by atoms with van der Waals surface area (Å²) in [6, 6.07) is 6.46. The number of rotatable bonds is 3. The molecule has 0 unspecified atom stereocenters. The van der Waals surface area contributed by atoms with E-state index in [1.54, 1.807) is 11.8 Å². The third-order valence-corrected chi connectivity index (χ3v) is 4.76. The standard InChI is InChI=1S/C18H23N3O3/c1-13-6-8-15(9-7-13)21-14(2)17(23)20(18(21)24)12-16(22)19-10-4-3-5-11-19/h6-9,14H,3-5,10-12H2,1-2H3/t14-/m0/s1. The Morgan fingerprint density at radius 1 is 1.08 bits per heavy atom. The van der Waals surface area contributed by atoms with E-state index in [2.05, 4.69) is 0 Å². The third-order valence-electron chi connectivity index (χ3n) is 4.76. The third kappa shape index (κ3) is 3.00. The molecule has 0 N–H and O–H groups in total. The first-order chi connectivity index (χ1) is 11.5. The lowest BCUT2D eigenvalue weighted by Crippen LogP contribution is -2.45. The van der Waals surface area contributed by atoms with E-state index in [9.17, 15) is 14.4 Å². The molecule has 0 aliphatic carbocycles. The number of hydrogen-bond donors (Lipinski definition) is 0. The fourth-order valence-corrected chi connectivity index (χ4v) is 3.29. The van der Waals surface area contributed by atoms with E-state index in [0.29, 0.717) is 18.8 Å². The van der Waals surface area contributed by atoms with Gasteiger partial charge in [-0.3, -0.25) is 19.4 Å². The second-order valence-corrected chi connectivity index (χ2v) is 6.53. The molecule has 0 radical (unpaired) electrons. The smallest absolute Gasteiger partial charge is 0.332 e. The van der Waals surface area contributed by atoms with E-state index in [0.717, 1.165) is 29.7 Å². The number of imide groups is 1. The Labute approximate surface area is 142 Å². The Morgan fingerprint density at radius 3 is 2.33 bits per heavy atom. The zero-order valence-electron chi connectivity index (χ0n) is 14.2. The van der Waals surface area contributed by atoms with Gasteiger partial charge in [0.25, 0.3) is 5.91 Å². The van der Waals surface area contributed by atoms with Gasteiger partial charge in [0.05, 0.1) is 0 Å². The van der Waals surface area contributed by atoms with Crippen LogP contribution in [0.4, 0.5) is 10.5 Å². The largest absolute Gasteiger partial charge is 0.341 e. The molecule has 2 aliphatic rings. The van der Waals surface area contributed by atoms with Crippen molar-refractivity contribution in [2.75, 3.05) is 24.5 Å². The molecule has 1 aromatic carbocycles. The molecule has 2 fully saturated rings. The van der Waals surface area contributed by atoms with Crippen molar-refractivity contribution in [1.82, 2.24) is 9.80 Å². The number of piperidine rings is 1. The number of nitrogens with zero attached hydrogens (tertiary/aromatic N) is 3. The molecule has 4 amide bonds. The highest BCUT2D eigenvalue weighted by molar-refractivity contribution is 6.15. The van der Waals surface area contributed by atoms with Gasteiger partial charge in [-0.15, -0.1) is 0 Å². The highest BCUT2D eigenvalue weighted by Gasteiger charge is 2.44. The Kier molecular flexibility index (Phi) is 4.55. The lowest BCUT2D eigenvalue weighted by atomic mass is 10.1. The highest BCUT2D eigenvalue weighted by atomic mass is 16.2. The first kappa shape index (κ1) is 16.5. The minimum Gasteiger partial charge on any atom is -0.341 e. The zero-order valence-corrected chi connectivity index (χ0v) is 14.2. The maximum Gasteiger partial charge on any atom is 0.332 e. The summed E-state index contributed by atoms with van der Waals surface area (Å²) in [6.07, 6.45) is 3.10. The van der Waals surface area contributed by atoms with Crippen molar-refractivity contribution in [2.45, 2.75) is 39.2 Å². The number of amides is 4. The maximum absolute atomic E-state index is 12.7. The van der Waals surface area contributed by atoms with Crippen LogP contribution in [0.2, 0.25) is 0 Å². The average molecular weight is 329 g/mol. The fourth-order valence-electron chi connectivity index (χ4n) is 3.29. The van der Waals surface area contributed by atoms with Crippen LogP contribution in [-0.4, -0.2) is 53.3 Å². The van der Waals surface area contributed by atoms with Gasteiger partial charge in [-0.05, 0) is 45.2 Å². The molecule has 0 spiro atoms. The number of carbonyl (C=O) groups excluding carboxylic acids is 3. The van der Waals surface area contributed by atoms with Crippen LogP contribution in [0.3, 0.4) is 0 Å². The van der Waals surface area contributed by atoms with Crippen molar-refractivity contribution in [2.24, 2.45) is 0 Å². The second kappa shape index (κ2) is 6.63. The molecule has 1 atom stereocenters. The van der Waals surface area contributed by atoms with Gasteiger partial charge in [-0.1, -0.05) is 17.7 Å². The molecular formula is C18H23N3O3. The predicted molar refractivity (Wildman–Crippen MR) is 90.7 cm³/mol. The molecule has 1 aromatic rings. The van der Waals surface area contributed by atoms with Crippen molar-refractivity contribution < 1.29 is 14.4 Å². The van der Waals surface area contributed by atoms with Gasteiger partial charge in [0.2, 0.25) is 5.91 Å². The molecule has 128 valence electrons. The van der Waals surface area contributed by atoms with Crippen molar-refractivity contribution in [3.05, 3.63) is 29.8 Å². The van der Waals surface area contributed by atoms with Crippen LogP contribution < -0.4 is 4.90 Å². The van der Waals surface area contributed by atoms with Crippen LogP contribution in [0.25, 0.3) is 0 Å². The second-order valence-electron chi connectivity index (χ2n) is 6.53. The molecule has 0 saturated carbocycles. The van der Waals surface area contributed by atoms with Crippen LogP contribution in [0.15, 0.2) is 24.3 Å². The summed E-state index contributed by atoms with van der Waals surface area (Å²) < 4.78 is 0. The maximum atomic E-state index is 12.7. The van der Waals surface area contributed by atoms with Gasteiger partial charge in [-0.2, -0.15) is 0 Å². The lowest BCUT2D eigenvalue weighted by Gasteiger charge is -2.28. The molecular weight excluding hydrogens is 306 g/mol. The minimum atomic E-state index is -0.589. The van der Waals surface area contributed by atoms with E-state index in [1.165, 1.54) is 4.90 Å². The summed E-state index contributed by atoms with van der Waals surface area (Å²) in [5, 5.41) is 0. The molecule has 0 aromatic heterocycles.